The molecule has 0 atom stereocenters. The van der Waals surface area contributed by atoms with Gasteiger partial charge in [0.2, 0.25) is 0 Å². The zero-order valence-electron chi connectivity index (χ0n) is 9.83. The molecule has 2 N–H and O–H groups in total. The van der Waals surface area contributed by atoms with Gasteiger partial charge in [0.15, 0.2) is 0 Å². The van der Waals surface area contributed by atoms with Crippen LogP contribution in [0.15, 0.2) is 36.4 Å². The van der Waals surface area contributed by atoms with Gasteiger partial charge < -0.3 is 10.5 Å². The molecule has 2 aromatic rings. The minimum Gasteiger partial charge on any atom is -0.457 e. The van der Waals surface area contributed by atoms with E-state index >= 15 is 0 Å². The summed E-state index contributed by atoms with van der Waals surface area (Å²) in [5.41, 5.74) is 8.53. The van der Waals surface area contributed by atoms with Gasteiger partial charge in [-0.1, -0.05) is 17.7 Å². The van der Waals surface area contributed by atoms with E-state index in [1.807, 2.05) is 26.0 Å². The van der Waals surface area contributed by atoms with Gasteiger partial charge in [-0.3, -0.25) is 0 Å². The monoisotopic (exact) mass is 247 g/mol. The summed E-state index contributed by atoms with van der Waals surface area (Å²) in [4.78, 5) is 0. The minimum absolute atomic E-state index is 0.506. The number of nitrogens with two attached hydrogens (primary N) is 1. The Morgan fingerprint density at radius 1 is 0.941 bits per heavy atom. The van der Waals surface area contributed by atoms with E-state index in [9.17, 15) is 0 Å². The van der Waals surface area contributed by atoms with Crippen molar-refractivity contribution in [1.29, 1.82) is 0 Å². The number of hydrogen-bond donors (Lipinski definition) is 1. The van der Waals surface area contributed by atoms with Crippen LogP contribution in [0.3, 0.4) is 0 Å². The first-order chi connectivity index (χ1) is 8.04. The largest absolute Gasteiger partial charge is 0.457 e. The number of anilines is 1. The smallest absolute Gasteiger partial charge is 0.129 e. The molecule has 17 heavy (non-hydrogen) atoms. The van der Waals surface area contributed by atoms with Crippen LogP contribution in [0.5, 0.6) is 11.5 Å². The van der Waals surface area contributed by atoms with Crippen LogP contribution < -0.4 is 10.5 Å². The number of aryl methyl sites for hydroxylation is 2. The summed E-state index contributed by atoms with van der Waals surface area (Å²) in [6, 6.07) is 11.3. The van der Waals surface area contributed by atoms with Gasteiger partial charge in [0, 0.05) is 6.07 Å². The molecule has 0 saturated heterocycles. The molecule has 0 saturated carbocycles. The van der Waals surface area contributed by atoms with Crippen LogP contribution in [0.25, 0.3) is 0 Å². The van der Waals surface area contributed by atoms with E-state index in [0.29, 0.717) is 16.5 Å². The maximum Gasteiger partial charge on any atom is 0.129 e. The standard InChI is InChI=1S/C14H14ClNO/c1-9-5-10(2)7-12(6-9)17-11-3-4-14(16)13(15)8-11/h3-8H,16H2,1-2H3. The van der Waals surface area contributed by atoms with Crippen molar-refractivity contribution in [3.8, 4) is 11.5 Å². The molecule has 88 valence electrons. The third-order valence-corrected chi connectivity index (χ3v) is 2.73. The van der Waals surface area contributed by atoms with Crippen LogP contribution in [0, 0.1) is 13.8 Å². The number of ether oxygens (including phenoxy) is 1. The fraction of sp³-hybridized carbons (Fsp3) is 0.143. The predicted octanol–water partition coefficient (Wildman–Crippen LogP) is 4.33. The number of rotatable bonds is 2. The van der Waals surface area contributed by atoms with E-state index < -0.39 is 0 Å². The number of hydrogen-bond acceptors (Lipinski definition) is 2. The van der Waals surface area contributed by atoms with E-state index in [0.717, 1.165) is 5.75 Å². The van der Waals surface area contributed by atoms with Gasteiger partial charge in [-0.2, -0.15) is 0 Å². The Balaban J connectivity index is 2.28. The first-order valence-corrected chi connectivity index (χ1v) is 5.73. The van der Waals surface area contributed by atoms with Gasteiger partial charge in [0.05, 0.1) is 10.7 Å². The van der Waals surface area contributed by atoms with Gasteiger partial charge >= 0.3 is 0 Å². The molecule has 0 aliphatic rings. The molecule has 2 rings (SSSR count). The number of halogens is 1. The fourth-order valence-electron chi connectivity index (χ4n) is 1.70. The van der Waals surface area contributed by atoms with E-state index in [4.69, 9.17) is 22.1 Å². The van der Waals surface area contributed by atoms with Gasteiger partial charge in [-0.05, 0) is 49.2 Å². The van der Waals surface area contributed by atoms with Crippen LogP contribution in [0.1, 0.15) is 11.1 Å². The Morgan fingerprint density at radius 2 is 1.59 bits per heavy atom. The molecule has 2 nitrogen and oxygen atoms in total. The van der Waals surface area contributed by atoms with Crippen molar-refractivity contribution in [2.75, 3.05) is 5.73 Å². The van der Waals surface area contributed by atoms with Gasteiger partial charge in [0.25, 0.3) is 0 Å². The third-order valence-electron chi connectivity index (χ3n) is 2.40. The lowest BCUT2D eigenvalue weighted by molar-refractivity contribution is 0.482. The highest BCUT2D eigenvalue weighted by molar-refractivity contribution is 6.33. The quantitative estimate of drug-likeness (QED) is 0.802. The second-order valence-electron chi connectivity index (χ2n) is 4.11. The van der Waals surface area contributed by atoms with Crippen molar-refractivity contribution in [2.45, 2.75) is 13.8 Å². The lowest BCUT2D eigenvalue weighted by Crippen LogP contribution is -1.89. The first kappa shape index (κ1) is 11.8. The first-order valence-electron chi connectivity index (χ1n) is 5.36. The molecule has 0 aliphatic carbocycles. The number of benzene rings is 2. The Bertz CT molecular complexity index is 532. The molecule has 0 aliphatic heterocycles. The van der Waals surface area contributed by atoms with Crippen molar-refractivity contribution in [2.24, 2.45) is 0 Å². The molecule has 0 bridgehead atoms. The van der Waals surface area contributed by atoms with Crippen molar-refractivity contribution < 1.29 is 4.74 Å². The molecular formula is C14H14ClNO. The van der Waals surface area contributed by atoms with Gasteiger partial charge in [-0.15, -0.1) is 0 Å². The maximum absolute atomic E-state index is 5.94. The molecule has 0 spiro atoms. The molecule has 0 fully saturated rings. The van der Waals surface area contributed by atoms with E-state index in [1.165, 1.54) is 11.1 Å². The van der Waals surface area contributed by atoms with Crippen molar-refractivity contribution in [1.82, 2.24) is 0 Å². The van der Waals surface area contributed by atoms with Crippen LogP contribution in [-0.2, 0) is 0 Å². The van der Waals surface area contributed by atoms with Crippen LogP contribution >= 0.6 is 11.6 Å². The molecule has 0 radical (unpaired) electrons. The zero-order valence-corrected chi connectivity index (χ0v) is 10.6. The number of nitrogen functional groups attached to an aromatic ring is 1. The summed E-state index contributed by atoms with van der Waals surface area (Å²) in [6.45, 7) is 4.08. The molecule has 0 unspecified atom stereocenters. The predicted molar refractivity (Wildman–Crippen MR) is 71.9 cm³/mol. The summed E-state index contributed by atoms with van der Waals surface area (Å²) >= 11 is 5.94. The summed E-state index contributed by atoms with van der Waals surface area (Å²) < 4.78 is 5.74. The minimum atomic E-state index is 0.506. The summed E-state index contributed by atoms with van der Waals surface area (Å²) in [7, 11) is 0. The highest BCUT2D eigenvalue weighted by atomic mass is 35.5. The van der Waals surface area contributed by atoms with Crippen molar-refractivity contribution in [3.05, 3.63) is 52.5 Å². The second-order valence-corrected chi connectivity index (χ2v) is 4.52. The van der Waals surface area contributed by atoms with Crippen LogP contribution in [-0.4, -0.2) is 0 Å². The Kier molecular flexibility index (Phi) is 3.25. The van der Waals surface area contributed by atoms with Crippen LogP contribution in [0.2, 0.25) is 5.02 Å². The normalized spacial score (nSPS) is 10.3. The van der Waals surface area contributed by atoms with Gasteiger partial charge in [0.1, 0.15) is 11.5 Å². The highest BCUT2D eigenvalue weighted by Gasteiger charge is 2.02. The average molecular weight is 248 g/mol. The van der Waals surface area contributed by atoms with Crippen LogP contribution in [0.4, 0.5) is 5.69 Å². The summed E-state index contributed by atoms with van der Waals surface area (Å²) in [6.07, 6.45) is 0. The molecular weight excluding hydrogens is 234 g/mol. The lowest BCUT2D eigenvalue weighted by atomic mass is 10.1. The second kappa shape index (κ2) is 4.68. The summed E-state index contributed by atoms with van der Waals surface area (Å²) in [5.74, 6) is 1.50. The Hall–Kier alpha value is -1.67. The maximum atomic E-state index is 5.94. The zero-order chi connectivity index (χ0) is 12.4. The fourth-order valence-corrected chi connectivity index (χ4v) is 1.87. The molecule has 0 amide bonds. The summed E-state index contributed by atoms with van der Waals surface area (Å²) in [5, 5.41) is 0.506. The van der Waals surface area contributed by atoms with E-state index in [-0.39, 0.29) is 0 Å². The topological polar surface area (TPSA) is 35.2 Å². The highest BCUT2D eigenvalue weighted by Crippen LogP contribution is 2.28. The van der Waals surface area contributed by atoms with Crippen molar-refractivity contribution >= 4 is 17.3 Å². The SMILES string of the molecule is Cc1cc(C)cc(Oc2ccc(N)c(Cl)c2)c1. The Morgan fingerprint density at radius 3 is 2.18 bits per heavy atom. The van der Waals surface area contributed by atoms with Crippen molar-refractivity contribution in [3.63, 3.8) is 0 Å². The lowest BCUT2D eigenvalue weighted by Gasteiger charge is -2.08. The van der Waals surface area contributed by atoms with E-state index in [2.05, 4.69) is 6.07 Å². The molecule has 3 heteroatoms. The third kappa shape index (κ3) is 2.92. The average Bonchev–Trinajstić information content (AvgIpc) is 2.22. The molecule has 2 aromatic carbocycles. The van der Waals surface area contributed by atoms with E-state index in [1.54, 1.807) is 18.2 Å². The molecule has 0 aromatic heterocycles. The molecule has 0 heterocycles. The Labute approximate surface area is 106 Å². The van der Waals surface area contributed by atoms with Gasteiger partial charge in [-0.25, -0.2) is 0 Å².